The molecule has 3 rings (SSSR count). The third kappa shape index (κ3) is 4.42. The molecule has 3 N–H and O–H groups in total. The number of nitrogens with one attached hydrogen (secondary N) is 1. The highest BCUT2D eigenvalue weighted by Crippen LogP contribution is 2.25. The lowest BCUT2D eigenvalue weighted by Gasteiger charge is -2.41. The number of pyridine rings is 1. The number of piperazine rings is 1. The van der Waals surface area contributed by atoms with Crippen LogP contribution >= 0.6 is 0 Å². The molecule has 0 spiro atoms. The van der Waals surface area contributed by atoms with E-state index in [1.807, 2.05) is 13.0 Å². The van der Waals surface area contributed by atoms with Crippen molar-refractivity contribution < 1.29 is 24.6 Å². The summed E-state index contributed by atoms with van der Waals surface area (Å²) in [6.45, 7) is 2.41. The quantitative estimate of drug-likeness (QED) is 0.624. The van der Waals surface area contributed by atoms with Crippen molar-refractivity contribution in [2.24, 2.45) is 0 Å². The zero-order chi connectivity index (χ0) is 21.0. The van der Waals surface area contributed by atoms with Gasteiger partial charge in [0.2, 0.25) is 5.91 Å². The predicted molar refractivity (Wildman–Crippen MR) is 106 cm³/mol. The number of anilines is 2. The molecule has 3 amide bonds. The van der Waals surface area contributed by atoms with Gasteiger partial charge in [0, 0.05) is 26.2 Å². The summed E-state index contributed by atoms with van der Waals surface area (Å²) in [4.78, 5) is 45.4. The number of urea groups is 1. The van der Waals surface area contributed by atoms with Crippen molar-refractivity contribution in [3.63, 3.8) is 0 Å². The number of hydrogen-bond donors (Lipinski definition) is 3. The summed E-state index contributed by atoms with van der Waals surface area (Å²) in [7, 11) is 0. The van der Waals surface area contributed by atoms with Gasteiger partial charge in [-0.3, -0.25) is 14.5 Å². The smallest absolute Gasteiger partial charge is 0.326 e. The van der Waals surface area contributed by atoms with Gasteiger partial charge in [-0.05, 0) is 30.9 Å². The maximum atomic E-state index is 13.3. The number of amides is 3. The molecule has 1 fully saturated rings. The lowest BCUT2D eigenvalue weighted by Crippen LogP contribution is -2.63. The Kier molecular flexibility index (Phi) is 6.53. The molecule has 0 bridgehead atoms. The number of aliphatic hydroxyl groups is 1. The Bertz CT molecular complexity index is 786. The Balaban J connectivity index is 1.83. The Labute approximate surface area is 169 Å². The molecule has 158 valence electrons. The molecule has 0 aliphatic carbocycles. The van der Waals surface area contributed by atoms with Gasteiger partial charge in [0.25, 0.3) is 0 Å². The van der Waals surface area contributed by atoms with Gasteiger partial charge in [-0.1, -0.05) is 13.0 Å². The molecule has 0 aromatic carbocycles. The maximum absolute atomic E-state index is 13.3. The zero-order valence-corrected chi connectivity index (χ0v) is 16.5. The SMILES string of the molecule is CCCN(C(=O)N1CCN(CC(=O)O)C(=O)C1CO)c1ccc2c(n1)NCCC2. The summed E-state index contributed by atoms with van der Waals surface area (Å²) >= 11 is 0. The first kappa shape index (κ1) is 20.8. The number of aromatic nitrogens is 1. The highest BCUT2D eigenvalue weighted by Gasteiger charge is 2.39. The molecule has 10 nitrogen and oxygen atoms in total. The van der Waals surface area contributed by atoms with Gasteiger partial charge in [0.05, 0.1) is 6.61 Å². The van der Waals surface area contributed by atoms with Crippen LogP contribution in [0.1, 0.15) is 25.3 Å². The number of carbonyl (C=O) groups is 3. The van der Waals surface area contributed by atoms with Gasteiger partial charge in [0.1, 0.15) is 24.2 Å². The van der Waals surface area contributed by atoms with Crippen molar-refractivity contribution in [3.05, 3.63) is 17.7 Å². The average Bonchev–Trinajstić information content (AvgIpc) is 2.72. The van der Waals surface area contributed by atoms with Crippen LogP contribution in [-0.4, -0.2) is 88.3 Å². The van der Waals surface area contributed by atoms with Crippen LogP contribution in [0.5, 0.6) is 0 Å². The van der Waals surface area contributed by atoms with Crippen molar-refractivity contribution in [2.75, 3.05) is 49.5 Å². The number of rotatable bonds is 6. The van der Waals surface area contributed by atoms with Gasteiger partial charge < -0.3 is 25.3 Å². The lowest BCUT2D eigenvalue weighted by molar-refractivity contribution is -0.150. The fourth-order valence-electron chi connectivity index (χ4n) is 3.72. The minimum atomic E-state index is -1.13. The van der Waals surface area contributed by atoms with Crippen LogP contribution in [0, 0.1) is 0 Å². The van der Waals surface area contributed by atoms with Crippen LogP contribution in [0.4, 0.5) is 16.4 Å². The first-order chi connectivity index (χ1) is 14.0. The van der Waals surface area contributed by atoms with E-state index in [9.17, 15) is 19.5 Å². The molecule has 3 heterocycles. The Morgan fingerprint density at radius 1 is 1.34 bits per heavy atom. The largest absolute Gasteiger partial charge is 0.480 e. The van der Waals surface area contributed by atoms with Gasteiger partial charge in [-0.25, -0.2) is 9.78 Å². The minimum Gasteiger partial charge on any atom is -0.480 e. The van der Waals surface area contributed by atoms with E-state index in [-0.39, 0.29) is 13.1 Å². The molecule has 10 heteroatoms. The number of aliphatic hydroxyl groups excluding tert-OH is 1. The molecule has 0 saturated carbocycles. The second-order valence-electron chi connectivity index (χ2n) is 7.19. The normalized spacial score (nSPS) is 18.8. The van der Waals surface area contributed by atoms with E-state index in [1.165, 1.54) is 9.80 Å². The second kappa shape index (κ2) is 9.08. The number of nitrogens with zero attached hydrogens (tertiary/aromatic N) is 4. The summed E-state index contributed by atoms with van der Waals surface area (Å²) in [5.41, 5.74) is 1.11. The third-order valence-corrected chi connectivity index (χ3v) is 5.16. The van der Waals surface area contributed by atoms with Crippen LogP contribution in [0.25, 0.3) is 0 Å². The highest BCUT2D eigenvalue weighted by molar-refractivity contribution is 5.96. The van der Waals surface area contributed by atoms with Crippen molar-refractivity contribution in [1.82, 2.24) is 14.8 Å². The fraction of sp³-hybridized carbons (Fsp3) is 0.579. The van der Waals surface area contributed by atoms with E-state index in [4.69, 9.17) is 5.11 Å². The van der Waals surface area contributed by atoms with Gasteiger partial charge in [-0.2, -0.15) is 0 Å². The van der Waals surface area contributed by atoms with Crippen LogP contribution in [0.3, 0.4) is 0 Å². The molecule has 1 aromatic heterocycles. The molecule has 0 radical (unpaired) electrons. The Morgan fingerprint density at radius 2 is 2.14 bits per heavy atom. The molecular formula is C19H27N5O5. The molecule has 1 aromatic rings. The van der Waals surface area contributed by atoms with E-state index in [0.29, 0.717) is 18.8 Å². The van der Waals surface area contributed by atoms with Crippen LogP contribution in [0.2, 0.25) is 0 Å². The number of fused-ring (bicyclic) bond motifs is 1. The van der Waals surface area contributed by atoms with Crippen molar-refractivity contribution in [2.45, 2.75) is 32.2 Å². The van der Waals surface area contributed by atoms with Crippen molar-refractivity contribution in [3.8, 4) is 0 Å². The summed E-state index contributed by atoms with van der Waals surface area (Å²) < 4.78 is 0. The Hall–Kier alpha value is -2.88. The maximum Gasteiger partial charge on any atom is 0.326 e. The summed E-state index contributed by atoms with van der Waals surface area (Å²) in [5, 5.41) is 22.0. The van der Waals surface area contributed by atoms with Crippen LogP contribution in [-0.2, 0) is 16.0 Å². The van der Waals surface area contributed by atoms with Gasteiger partial charge in [-0.15, -0.1) is 0 Å². The highest BCUT2D eigenvalue weighted by atomic mass is 16.4. The average molecular weight is 405 g/mol. The Morgan fingerprint density at radius 3 is 2.83 bits per heavy atom. The van der Waals surface area contributed by atoms with Gasteiger partial charge in [0.15, 0.2) is 0 Å². The third-order valence-electron chi connectivity index (χ3n) is 5.16. The number of hydrogen-bond acceptors (Lipinski definition) is 6. The van der Waals surface area contributed by atoms with Gasteiger partial charge >= 0.3 is 12.0 Å². The first-order valence-electron chi connectivity index (χ1n) is 9.89. The number of aryl methyl sites for hydroxylation is 1. The summed E-state index contributed by atoms with van der Waals surface area (Å²) in [6, 6.07) is 2.23. The lowest BCUT2D eigenvalue weighted by atomic mass is 10.1. The molecule has 2 aliphatic heterocycles. The van der Waals surface area contributed by atoms with Crippen LogP contribution in [0.15, 0.2) is 12.1 Å². The number of carboxylic acids is 1. The predicted octanol–water partition coefficient (Wildman–Crippen LogP) is 0.366. The van der Waals surface area contributed by atoms with E-state index < -0.39 is 37.1 Å². The second-order valence-corrected chi connectivity index (χ2v) is 7.19. The molecule has 1 saturated heterocycles. The zero-order valence-electron chi connectivity index (χ0n) is 16.5. The van der Waals surface area contributed by atoms with Crippen LogP contribution < -0.4 is 10.2 Å². The van der Waals surface area contributed by atoms with Crippen molar-refractivity contribution in [1.29, 1.82) is 0 Å². The number of carbonyl (C=O) groups excluding carboxylic acids is 2. The van der Waals surface area contributed by atoms with E-state index in [0.717, 1.165) is 35.7 Å². The minimum absolute atomic E-state index is 0.104. The number of carboxylic acid groups (broad SMARTS) is 1. The fourth-order valence-corrected chi connectivity index (χ4v) is 3.72. The monoisotopic (exact) mass is 405 g/mol. The molecule has 1 unspecified atom stereocenters. The van der Waals surface area contributed by atoms with Crippen molar-refractivity contribution >= 4 is 29.5 Å². The molecule has 29 heavy (non-hydrogen) atoms. The van der Waals surface area contributed by atoms with E-state index in [1.54, 1.807) is 6.07 Å². The van der Waals surface area contributed by atoms with E-state index in [2.05, 4.69) is 10.3 Å². The number of aliphatic carboxylic acids is 1. The molecule has 2 aliphatic rings. The first-order valence-corrected chi connectivity index (χ1v) is 9.89. The molecule has 1 atom stereocenters. The van der Waals surface area contributed by atoms with E-state index >= 15 is 0 Å². The topological polar surface area (TPSA) is 126 Å². The molecular weight excluding hydrogens is 378 g/mol. The summed E-state index contributed by atoms with van der Waals surface area (Å²) in [5.74, 6) is -0.440. The summed E-state index contributed by atoms with van der Waals surface area (Å²) in [6.07, 6.45) is 2.66. The standard InChI is InChI=1S/C19H27N5O5/c1-2-8-24(15-6-5-13-4-3-7-20-17(13)21-15)19(29)23-10-9-22(11-16(26)27)18(28)14(23)12-25/h5-6,14,25H,2-4,7-12H2,1H3,(H,20,21)(H,26,27).